The smallest absolute Gasteiger partial charge is 0.267 e. The number of para-hydroxylation sites is 1. The van der Waals surface area contributed by atoms with Gasteiger partial charge in [-0.25, -0.2) is 13.8 Å². The van der Waals surface area contributed by atoms with E-state index >= 15 is 0 Å². The monoisotopic (exact) mass is 517 g/mol. The number of anilines is 1. The molecule has 0 saturated carbocycles. The zero-order chi connectivity index (χ0) is 25.5. The highest BCUT2D eigenvalue weighted by Crippen LogP contribution is 2.29. The quantitative estimate of drug-likeness (QED) is 0.237. The van der Waals surface area contributed by atoms with Gasteiger partial charge in [0.1, 0.15) is 0 Å². The van der Waals surface area contributed by atoms with E-state index in [4.69, 9.17) is 11.6 Å². The lowest BCUT2D eigenvalue weighted by molar-refractivity contribution is 0.0956. The van der Waals surface area contributed by atoms with E-state index in [1.54, 1.807) is 72.8 Å². The summed E-state index contributed by atoms with van der Waals surface area (Å²) in [6, 6.07) is 29.4. The van der Waals surface area contributed by atoms with Crippen LogP contribution < -0.4 is 9.73 Å². The Kier molecular flexibility index (Phi) is 7.83. The lowest BCUT2D eigenvalue weighted by Crippen LogP contribution is -2.33. The number of carbonyl (C=O) groups is 1. The number of benzene rings is 4. The number of rotatable bonds is 8. The molecule has 6 nitrogen and oxygen atoms in total. The van der Waals surface area contributed by atoms with Crippen molar-refractivity contribution >= 4 is 39.4 Å². The molecule has 1 amide bonds. The first-order chi connectivity index (χ1) is 17.3. The second-order valence-corrected chi connectivity index (χ2v) is 10.4. The number of halogens is 1. The minimum atomic E-state index is -3.99. The van der Waals surface area contributed by atoms with E-state index in [0.717, 1.165) is 16.7 Å². The van der Waals surface area contributed by atoms with Gasteiger partial charge in [0.25, 0.3) is 15.9 Å². The first-order valence-corrected chi connectivity index (χ1v) is 13.0. The van der Waals surface area contributed by atoms with Gasteiger partial charge in [-0.2, -0.15) is 5.10 Å². The van der Waals surface area contributed by atoms with Gasteiger partial charge >= 0.3 is 0 Å². The average molecular weight is 518 g/mol. The number of hydrogen-bond acceptors (Lipinski definition) is 4. The van der Waals surface area contributed by atoms with E-state index < -0.39 is 15.9 Å². The summed E-state index contributed by atoms with van der Waals surface area (Å²) in [5.41, 5.74) is 5.40. The largest absolute Gasteiger partial charge is 0.273 e. The molecule has 0 heterocycles. The average Bonchev–Trinajstić information content (AvgIpc) is 2.89. The van der Waals surface area contributed by atoms with Crippen LogP contribution in [0.2, 0.25) is 5.02 Å². The molecule has 0 atom stereocenters. The molecule has 36 heavy (non-hydrogen) atoms. The number of carbonyl (C=O) groups excluding carboxylic acids is 1. The zero-order valence-corrected chi connectivity index (χ0v) is 21.1. The summed E-state index contributed by atoms with van der Waals surface area (Å²) in [7, 11) is -3.99. The Labute approximate surface area is 215 Å². The number of nitrogens with one attached hydrogen (secondary N) is 1. The van der Waals surface area contributed by atoms with Gasteiger partial charge in [0.15, 0.2) is 0 Å². The Balaban J connectivity index is 1.70. The molecule has 4 aromatic carbocycles. The minimum Gasteiger partial charge on any atom is -0.267 e. The summed E-state index contributed by atoms with van der Waals surface area (Å²) in [5.74, 6) is -0.534. The van der Waals surface area contributed by atoms with Crippen LogP contribution in [0.15, 0.2) is 113 Å². The number of aryl methyl sites for hydroxylation is 1. The Bertz CT molecular complexity index is 1470. The number of nitrogens with zero attached hydrogens (tertiary/aromatic N) is 2. The number of amides is 1. The van der Waals surface area contributed by atoms with Crippen molar-refractivity contribution in [1.82, 2.24) is 5.43 Å². The van der Waals surface area contributed by atoms with Gasteiger partial charge in [0.05, 0.1) is 28.9 Å². The highest BCUT2D eigenvalue weighted by Gasteiger charge is 2.28. The standard InChI is InChI=1S/C28H24ClN3O3S/c1-21-11-17-25(18-12-21)36(34,35)32(20-23-7-3-2-4-8-23)27-10-6-5-9-26(27)28(33)31-30-19-22-13-15-24(29)16-14-22/h2-19H,20H2,1H3,(H,31,33). The van der Waals surface area contributed by atoms with Crippen molar-refractivity contribution in [3.63, 3.8) is 0 Å². The fraction of sp³-hybridized carbons (Fsp3) is 0.0714. The molecule has 1 N–H and O–H groups in total. The van der Waals surface area contributed by atoms with Crippen LogP contribution in [0.3, 0.4) is 0 Å². The minimum absolute atomic E-state index is 0.0510. The summed E-state index contributed by atoms with van der Waals surface area (Å²) in [6.07, 6.45) is 1.49. The molecule has 4 rings (SSSR count). The fourth-order valence-electron chi connectivity index (χ4n) is 3.54. The van der Waals surface area contributed by atoms with Crippen LogP contribution in [0.25, 0.3) is 0 Å². The normalized spacial score (nSPS) is 11.4. The summed E-state index contributed by atoms with van der Waals surface area (Å²) >= 11 is 5.90. The molecule has 0 aromatic heterocycles. The lowest BCUT2D eigenvalue weighted by Gasteiger charge is -2.26. The summed E-state index contributed by atoms with van der Waals surface area (Å²) < 4.78 is 28.9. The molecular weight excluding hydrogens is 494 g/mol. The third-order valence-corrected chi connectivity index (χ3v) is 7.47. The number of hydrogen-bond donors (Lipinski definition) is 1. The highest BCUT2D eigenvalue weighted by atomic mass is 35.5. The molecule has 182 valence electrons. The molecule has 8 heteroatoms. The van der Waals surface area contributed by atoms with Crippen LogP contribution in [0.4, 0.5) is 5.69 Å². The predicted octanol–water partition coefficient (Wildman–Crippen LogP) is 5.81. The molecule has 0 spiro atoms. The second-order valence-electron chi connectivity index (χ2n) is 8.08. The SMILES string of the molecule is Cc1ccc(S(=O)(=O)N(Cc2ccccc2)c2ccccc2C(=O)NN=Cc2ccc(Cl)cc2)cc1. The Morgan fingerprint density at radius 2 is 1.53 bits per heavy atom. The Morgan fingerprint density at radius 3 is 2.22 bits per heavy atom. The number of sulfonamides is 1. The molecule has 0 aliphatic rings. The lowest BCUT2D eigenvalue weighted by atomic mass is 10.1. The van der Waals surface area contributed by atoms with Crippen LogP contribution in [0.1, 0.15) is 27.0 Å². The second kappa shape index (κ2) is 11.2. The molecule has 0 radical (unpaired) electrons. The van der Waals surface area contributed by atoms with E-state index in [-0.39, 0.29) is 22.7 Å². The van der Waals surface area contributed by atoms with Crippen LogP contribution in [-0.4, -0.2) is 20.5 Å². The Morgan fingerprint density at radius 1 is 0.889 bits per heavy atom. The van der Waals surface area contributed by atoms with Gasteiger partial charge in [-0.15, -0.1) is 0 Å². The first kappa shape index (κ1) is 25.2. The van der Waals surface area contributed by atoms with Crippen LogP contribution in [-0.2, 0) is 16.6 Å². The van der Waals surface area contributed by atoms with Crippen molar-refractivity contribution in [3.05, 3.63) is 130 Å². The molecule has 0 aliphatic carbocycles. The van der Waals surface area contributed by atoms with Crippen molar-refractivity contribution in [2.45, 2.75) is 18.4 Å². The van der Waals surface area contributed by atoms with E-state index in [1.807, 2.05) is 37.3 Å². The molecule has 0 saturated heterocycles. The van der Waals surface area contributed by atoms with Crippen molar-refractivity contribution < 1.29 is 13.2 Å². The van der Waals surface area contributed by atoms with Gasteiger partial charge in [-0.05, 0) is 54.4 Å². The van der Waals surface area contributed by atoms with Crippen molar-refractivity contribution in [3.8, 4) is 0 Å². The highest BCUT2D eigenvalue weighted by molar-refractivity contribution is 7.92. The molecule has 0 fully saturated rings. The molecule has 4 aromatic rings. The zero-order valence-electron chi connectivity index (χ0n) is 19.5. The summed E-state index contributed by atoms with van der Waals surface area (Å²) in [6.45, 7) is 1.94. The van der Waals surface area contributed by atoms with Crippen LogP contribution >= 0.6 is 11.6 Å². The van der Waals surface area contributed by atoms with Gasteiger partial charge in [-0.1, -0.05) is 83.9 Å². The van der Waals surface area contributed by atoms with Crippen LogP contribution in [0.5, 0.6) is 0 Å². The molecule has 0 bridgehead atoms. The van der Waals surface area contributed by atoms with Crippen LogP contribution in [0, 0.1) is 6.92 Å². The maximum Gasteiger partial charge on any atom is 0.273 e. The predicted molar refractivity (Wildman–Crippen MR) is 144 cm³/mol. The molecular formula is C28H24ClN3O3S. The van der Waals surface area contributed by atoms with Crippen molar-refractivity contribution in [2.24, 2.45) is 5.10 Å². The molecule has 0 unspecified atom stereocenters. The summed E-state index contributed by atoms with van der Waals surface area (Å²) in [5, 5.41) is 4.62. The van der Waals surface area contributed by atoms with Crippen molar-refractivity contribution in [1.29, 1.82) is 0 Å². The maximum atomic E-state index is 13.8. The van der Waals surface area contributed by atoms with E-state index in [0.29, 0.717) is 5.02 Å². The van der Waals surface area contributed by atoms with Gasteiger partial charge in [-0.3, -0.25) is 9.10 Å². The van der Waals surface area contributed by atoms with E-state index in [1.165, 1.54) is 10.5 Å². The Hall–Kier alpha value is -3.94. The fourth-order valence-corrected chi connectivity index (χ4v) is 5.14. The topological polar surface area (TPSA) is 78.8 Å². The summed E-state index contributed by atoms with van der Waals surface area (Å²) in [4.78, 5) is 13.2. The van der Waals surface area contributed by atoms with E-state index in [9.17, 15) is 13.2 Å². The third-order valence-electron chi connectivity index (χ3n) is 5.45. The third kappa shape index (κ3) is 6.00. The number of hydrazone groups is 1. The van der Waals surface area contributed by atoms with Crippen molar-refractivity contribution in [2.75, 3.05) is 4.31 Å². The van der Waals surface area contributed by atoms with E-state index in [2.05, 4.69) is 10.5 Å². The first-order valence-electron chi connectivity index (χ1n) is 11.2. The van der Waals surface area contributed by atoms with Gasteiger partial charge in [0, 0.05) is 5.02 Å². The van der Waals surface area contributed by atoms with Gasteiger partial charge in [0.2, 0.25) is 0 Å². The maximum absolute atomic E-state index is 13.8. The van der Waals surface area contributed by atoms with Gasteiger partial charge < -0.3 is 0 Å². The molecule has 0 aliphatic heterocycles.